The highest BCUT2D eigenvalue weighted by molar-refractivity contribution is 5.73. The molecule has 0 saturated carbocycles. The van der Waals surface area contributed by atoms with E-state index in [9.17, 15) is 9.18 Å². The molecule has 1 rings (SSSR count). The third-order valence-corrected chi connectivity index (χ3v) is 2.11. The normalized spacial score (nSPS) is 9.75. The molecule has 1 aromatic rings. The van der Waals surface area contributed by atoms with Crippen LogP contribution in [0.1, 0.15) is 5.56 Å². The fourth-order valence-electron chi connectivity index (χ4n) is 1.25. The highest BCUT2D eigenvalue weighted by Gasteiger charge is 2.15. The van der Waals surface area contributed by atoms with Crippen LogP contribution in [0.15, 0.2) is 12.1 Å². The van der Waals surface area contributed by atoms with Gasteiger partial charge in [-0.1, -0.05) is 0 Å². The molecule has 0 radical (unpaired) electrons. The van der Waals surface area contributed by atoms with Crippen LogP contribution < -0.4 is 9.47 Å². The Morgan fingerprint density at radius 2 is 1.94 bits per heavy atom. The molecule has 1 aromatic carbocycles. The number of methoxy groups -OCH3 is 3. The number of benzene rings is 1. The zero-order chi connectivity index (χ0) is 12.1. The van der Waals surface area contributed by atoms with Gasteiger partial charge in [0.1, 0.15) is 5.75 Å². The Morgan fingerprint density at radius 1 is 1.25 bits per heavy atom. The highest BCUT2D eigenvalue weighted by Crippen LogP contribution is 2.27. The minimum absolute atomic E-state index is 0.0400. The van der Waals surface area contributed by atoms with Crippen molar-refractivity contribution in [1.29, 1.82) is 0 Å². The summed E-state index contributed by atoms with van der Waals surface area (Å²) in [5, 5.41) is 0. The Labute approximate surface area is 92.9 Å². The van der Waals surface area contributed by atoms with E-state index >= 15 is 0 Å². The summed E-state index contributed by atoms with van der Waals surface area (Å²) in [5.74, 6) is -0.627. The lowest BCUT2D eigenvalue weighted by molar-refractivity contribution is -0.139. The Hall–Kier alpha value is -1.78. The minimum Gasteiger partial charge on any atom is -0.497 e. The van der Waals surface area contributed by atoms with Crippen LogP contribution in [0.3, 0.4) is 0 Å². The summed E-state index contributed by atoms with van der Waals surface area (Å²) in [6.07, 6.45) is -0.157. The fraction of sp³-hybridized carbons (Fsp3) is 0.364. The molecule has 0 aliphatic carbocycles. The average molecular weight is 228 g/mol. The van der Waals surface area contributed by atoms with E-state index in [0.717, 1.165) is 0 Å². The van der Waals surface area contributed by atoms with Crippen molar-refractivity contribution in [3.05, 3.63) is 23.5 Å². The molecule has 0 bridgehead atoms. The Bertz CT molecular complexity index is 390. The van der Waals surface area contributed by atoms with E-state index in [0.29, 0.717) is 5.75 Å². The van der Waals surface area contributed by atoms with Gasteiger partial charge in [0.25, 0.3) is 0 Å². The van der Waals surface area contributed by atoms with Crippen molar-refractivity contribution in [3.63, 3.8) is 0 Å². The predicted octanol–water partition coefficient (Wildman–Crippen LogP) is 1.56. The zero-order valence-electron chi connectivity index (χ0n) is 9.37. The third-order valence-electron chi connectivity index (χ3n) is 2.11. The molecule has 16 heavy (non-hydrogen) atoms. The van der Waals surface area contributed by atoms with E-state index in [4.69, 9.17) is 9.47 Å². The van der Waals surface area contributed by atoms with Crippen molar-refractivity contribution < 1.29 is 23.4 Å². The molecular weight excluding hydrogens is 215 g/mol. The van der Waals surface area contributed by atoms with Gasteiger partial charge in [-0.3, -0.25) is 4.79 Å². The van der Waals surface area contributed by atoms with E-state index < -0.39 is 11.8 Å². The smallest absolute Gasteiger partial charge is 0.310 e. The van der Waals surface area contributed by atoms with Gasteiger partial charge in [-0.05, 0) is 6.07 Å². The molecule has 0 unspecified atom stereocenters. The molecule has 0 fully saturated rings. The number of esters is 1. The molecule has 0 heterocycles. The second kappa shape index (κ2) is 5.34. The van der Waals surface area contributed by atoms with Crippen LogP contribution in [0.5, 0.6) is 11.5 Å². The first-order valence-electron chi connectivity index (χ1n) is 4.59. The first-order chi connectivity index (χ1) is 7.62. The highest BCUT2D eigenvalue weighted by atomic mass is 19.1. The van der Waals surface area contributed by atoms with Gasteiger partial charge in [0.2, 0.25) is 0 Å². The second-order valence-corrected chi connectivity index (χ2v) is 3.06. The first kappa shape index (κ1) is 12.3. The second-order valence-electron chi connectivity index (χ2n) is 3.06. The lowest BCUT2D eigenvalue weighted by Gasteiger charge is -2.09. The van der Waals surface area contributed by atoms with Crippen LogP contribution in [0.4, 0.5) is 4.39 Å². The van der Waals surface area contributed by atoms with Crippen molar-refractivity contribution >= 4 is 5.97 Å². The Morgan fingerprint density at radius 3 is 2.44 bits per heavy atom. The van der Waals surface area contributed by atoms with Crippen molar-refractivity contribution in [2.24, 2.45) is 0 Å². The molecule has 0 atom stereocenters. The quantitative estimate of drug-likeness (QED) is 0.733. The summed E-state index contributed by atoms with van der Waals surface area (Å²) < 4.78 is 28.0. The predicted molar refractivity (Wildman–Crippen MR) is 55.2 cm³/mol. The molecular formula is C11H13FO4. The SMILES string of the molecule is COC(=O)Cc1cc(OC)cc(OC)c1F. The summed E-state index contributed by atoms with van der Waals surface area (Å²) in [7, 11) is 4.05. The largest absolute Gasteiger partial charge is 0.497 e. The first-order valence-corrected chi connectivity index (χ1v) is 4.59. The van der Waals surface area contributed by atoms with Crippen molar-refractivity contribution in [2.75, 3.05) is 21.3 Å². The standard InChI is InChI=1S/C11H13FO4/c1-14-8-4-7(5-10(13)16-3)11(12)9(6-8)15-2/h4,6H,5H2,1-3H3. The number of ether oxygens (including phenoxy) is 3. The number of rotatable bonds is 4. The monoisotopic (exact) mass is 228 g/mol. The molecule has 0 N–H and O–H groups in total. The van der Waals surface area contributed by atoms with Crippen LogP contribution in [-0.2, 0) is 16.0 Å². The van der Waals surface area contributed by atoms with E-state index in [1.807, 2.05) is 0 Å². The molecule has 0 amide bonds. The maximum atomic E-state index is 13.7. The van der Waals surface area contributed by atoms with Gasteiger partial charge in [0.15, 0.2) is 11.6 Å². The molecule has 88 valence electrons. The maximum absolute atomic E-state index is 13.7. The summed E-state index contributed by atoms with van der Waals surface area (Å²) in [6, 6.07) is 2.85. The lowest BCUT2D eigenvalue weighted by atomic mass is 10.1. The van der Waals surface area contributed by atoms with Gasteiger partial charge in [0, 0.05) is 11.6 Å². The van der Waals surface area contributed by atoms with Crippen LogP contribution in [0.25, 0.3) is 0 Å². The molecule has 0 saturated heterocycles. The summed E-state index contributed by atoms with van der Waals surface area (Å²) in [4.78, 5) is 11.1. The average Bonchev–Trinajstić information content (AvgIpc) is 2.31. The van der Waals surface area contributed by atoms with Crippen LogP contribution >= 0.6 is 0 Å². The molecule has 0 aliphatic rings. The number of carbonyl (C=O) groups excluding carboxylic acids is 1. The molecule has 0 aromatic heterocycles. The van der Waals surface area contributed by atoms with Crippen LogP contribution in [0.2, 0.25) is 0 Å². The van der Waals surface area contributed by atoms with Gasteiger partial charge in [-0.25, -0.2) is 4.39 Å². The molecule has 0 aliphatic heterocycles. The van der Waals surface area contributed by atoms with Crippen LogP contribution in [-0.4, -0.2) is 27.3 Å². The summed E-state index contributed by atoms with van der Waals surface area (Å²) in [5.41, 5.74) is 0.183. The van der Waals surface area contributed by atoms with E-state index in [-0.39, 0.29) is 17.7 Å². The number of halogens is 1. The van der Waals surface area contributed by atoms with Gasteiger partial charge < -0.3 is 14.2 Å². The topological polar surface area (TPSA) is 44.8 Å². The van der Waals surface area contributed by atoms with Gasteiger partial charge >= 0.3 is 5.97 Å². The number of hydrogen-bond donors (Lipinski definition) is 0. The summed E-state index contributed by atoms with van der Waals surface area (Å²) in [6.45, 7) is 0. The van der Waals surface area contributed by atoms with Gasteiger partial charge in [-0.2, -0.15) is 0 Å². The lowest BCUT2D eigenvalue weighted by Crippen LogP contribution is -2.07. The molecule has 4 nitrogen and oxygen atoms in total. The van der Waals surface area contributed by atoms with Crippen LogP contribution in [0, 0.1) is 5.82 Å². The maximum Gasteiger partial charge on any atom is 0.310 e. The minimum atomic E-state index is -0.575. The summed E-state index contributed by atoms with van der Waals surface area (Å²) >= 11 is 0. The molecule has 5 heteroatoms. The third kappa shape index (κ3) is 2.62. The van der Waals surface area contributed by atoms with Gasteiger partial charge in [-0.15, -0.1) is 0 Å². The number of hydrogen-bond acceptors (Lipinski definition) is 4. The van der Waals surface area contributed by atoms with E-state index in [1.54, 1.807) is 0 Å². The zero-order valence-corrected chi connectivity index (χ0v) is 9.37. The number of carbonyl (C=O) groups is 1. The van der Waals surface area contributed by atoms with Crippen molar-refractivity contribution in [2.45, 2.75) is 6.42 Å². The van der Waals surface area contributed by atoms with E-state index in [1.165, 1.54) is 33.5 Å². The van der Waals surface area contributed by atoms with Crippen molar-refractivity contribution in [1.82, 2.24) is 0 Å². The Balaban J connectivity index is 3.10. The Kier molecular flexibility index (Phi) is 4.10. The molecule has 0 spiro atoms. The fourth-order valence-corrected chi connectivity index (χ4v) is 1.25. The van der Waals surface area contributed by atoms with Gasteiger partial charge in [0.05, 0.1) is 27.8 Å². The van der Waals surface area contributed by atoms with Crippen molar-refractivity contribution in [3.8, 4) is 11.5 Å². The van der Waals surface area contributed by atoms with E-state index in [2.05, 4.69) is 4.74 Å².